The highest BCUT2D eigenvalue weighted by Gasteiger charge is 2.29. The summed E-state index contributed by atoms with van der Waals surface area (Å²) in [6.45, 7) is 2.46. The number of carboxylic acids is 2. The van der Waals surface area contributed by atoms with Crippen molar-refractivity contribution in [3.05, 3.63) is 35.9 Å². The summed E-state index contributed by atoms with van der Waals surface area (Å²) in [6, 6.07) is 9.01. The number of aliphatic hydroxyl groups is 2. The number of benzene rings is 1. The largest absolute Gasteiger partial charge is 0.479 e. The Balaban J connectivity index is 0.000000409. The minimum Gasteiger partial charge on any atom is -0.479 e. The van der Waals surface area contributed by atoms with E-state index in [4.69, 9.17) is 25.2 Å². The number of aliphatic hydroxyl groups excluding tert-OH is 2. The molecule has 0 aliphatic heterocycles. The molecule has 0 spiro atoms. The second-order valence-electron chi connectivity index (χ2n) is 4.07. The predicted octanol–water partition coefficient (Wildman–Crippen LogP) is 0.131. The highest BCUT2D eigenvalue weighted by Crippen LogP contribution is 2.00. The molecule has 1 aromatic carbocycles. The maximum atomic E-state index is 11.2. The van der Waals surface area contributed by atoms with Gasteiger partial charge in [0.1, 0.15) is 0 Å². The Labute approximate surface area is 126 Å². The summed E-state index contributed by atoms with van der Waals surface area (Å²) in [5.74, 6) is -3.78. The van der Waals surface area contributed by atoms with Crippen LogP contribution < -0.4 is 0 Å². The van der Waals surface area contributed by atoms with E-state index in [1.807, 2.05) is 25.1 Å². The van der Waals surface area contributed by atoms with Crippen LogP contribution in [0, 0.1) is 0 Å². The molecule has 8 heteroatoms. The lowest BCUT2D eigenvalue weighted by molar-refractivity contribution is -0.165. The maximum Gasteiger partial charge on any atom is 0.338 e. The normalized spacial score (nSPS) is 12.3. The van der Waals surface area contributed by atoms with Crippen LogP contribution in [0.25, 0.3) is 0 Å². The van der Waals surface area contributed by atoms with Crippen molar-refractivity contribution in [2.24, 2.45) is 0 Å². The SMILES string of the molecule is CCCOC(=O)c1ccccc1.O=C(O)C(O)C(O)C(=O)O. The molecule has 0 aliphatic rings. The number of esters is 1. The number of hydrogen-bond acceptors (Lipinski definition) is 6. The van der Waals surface area contributed by atoms with Gasteiger partial charge in [-0.25, -0.2) is 14.4 Å². The minimum atomic E-state index is -2.27. The summed E-state index contributed by atoms with van der Waals surface area (Å²) in [4.78, 5) is 30.7. The van der Waals surface area contributed by atoms with Crippen molar-refractivity contribution < 1.29 is 39.5 Å². The summed E-state index contributed by atoms with van der Waals surface area (Å²) in [7, 11) is 0. The summed E-state index contributed by atoms with van der Waals surface area (Å²) in [5, 5.41) is 32.5. The van der Waals surface area contributed by atoms with Crippen LogP contribution >= 0.6 is 0 Å². The molecule has 1 aromatic rings. The van der Waals surface area contributed by atoms with E-state index in [1.165, 1.54) is 0 Å². The molecule has 4 N–H and O–H groups in total. The lowest BCUT2D eigenvalue weighted by atomic mass is 10.2. The summed E-state index contributed by atoms with van der Waals surface area (Å²) in [5.41, 5.74) is 0.617. The molecule has 0 aliphatic carbocycles. The second-order valence-corrected chi connectivity index (χ2v) is 4.07. The van der Waals surface area contributed by atoms with Crippen LogP contribution in [-0.2, 0) is 14.3 Å². The zero-order chi connectivity index (χ0) is 17.1. The van der Waals surface area contributed by atoms with Gasteiger partial charge in [0.25, 0.3) is 0 Å². The Bertz CT molecular complexity index is 467. The number of carbonyl (C=O) groups excluding carboxylic acids is 1. The fourth-order valence-corrected chi connectivity index (χ4v) is 1.12. The quantitative estimate of drug-likeness (QED) is 0.543. The molecule has 0 bridgehead atoms. The molecule has 0 heterocycles. The van der Waals surface area contributed by atoms with Gasteiger partial charge in [-0.05, 0) is 18.6 Å². The third-order valence-electron chi connectivity index (χ3n) is 2.25. The first-order valence-electron chi connectivity index (χ1n) is 6.35. The van der Waals surface area contributed by atoms with E-state index >= 15 is 0 Å². The molecule has 0 saturated heterocycles. The van der Waals surface area contributed by atoms with Gasteiger partial charge in [-0.15, -0.1) is 0 Å². The number of carbonyl (C=O) groups is 3. The van der Waals surface area contributed by atoms with Crippen LogP contribution in [-0.4, -0.2) is 57.1 Å². The molecule has 0 fully saturated rings. The number of rotatable bonds is 6. The maximum absolute atomic E-state index is 11.2. The Morgan fingerprint density at radius 3 is 1.82 bits per heavy atom. The van der Waals surface area contributed by atoms with E-state index < -0.39 is 24.1 Å². The number of aliphatic carboxylic acids is 2. The van der Waals surface area contributed by atoms with Crippen LogP contribution in [0.4, 0.5) is 0 Å². The first-order chi connectivity index (χ1) is 10.3. The second kappa shape index (κ2) is 10.3. The van der Waals surface area contributed by atoms with Crippen LogP contribution in [0.5, 0.6) is 0 Å². The van der Waals surface area contributed by atoms with E-state index in [2.05, 4.69) is 0 Å². The molecule has 0 aromatic heterocycles. The Hall–Kier alpha value is -2.45. The monoisotopic (exact) mass is 314 g/mol. The lowest BCUT2D eigenvalue weighted by Gasteiger charge is -2.07. The molecule has 122 valence electrons. The van der Waals surface area contributed by atoms with Crippen molar-refractivity contribution >= 4 is 17.9 Å². The van der Waals surface area contributed by atoms with Crippen molar-refractivity contribution in [1.29, 1.82) is 0 Å². The van der Waals surface area contributed by atoms with Gasteiger partial charge in [-0.3, -0.25) is 0 Å². The van der Waals surface area contributed by atoms with Crippen LogP contribution in [0.3, 0.4) is 0 Å². The average molecular weight is 314 g/mol. The molecule has 1 rings (SSSR count). The first kappa shape index (κ1) is 19.6. The molecule has 0 radical (unpaired) electrons. The van der Waals surface area contributed by atoms with Gasteiger partial charge in [0.05, 0.1) is 12.2 Å². The summed E-state index contributed by atoms with van der Waals surface area (Å²) < 4.78 is 4.94. The highest BCUT2D eigenvalue weighted by atomic mass is 16.5. The molecule has 8 nitrogen and oxygen atoms in total. The van der Waals surface area contributed by atoms with E-state index in [9.17, 15) is 14.4 Å². The topological polar surface area (TPSA) is 141 Å². The van der Waals surface area contributed by atoms with Crippen molar-refractivity contribution in [2.75, 3.05) is 6.61 Å². The summed E-state index contributed by atoms with van der Waals surface area (Å²) in [6.07, 6.45) is -3.67. The van der Waals surface area contributed by atoms with Gasteiger partial charge < -0.3 is 25.2 Å². The highest BCUT2D eigenvalue weighted by molar-refractivity contribution is 5.89. The molecule has 2 atom stereocenters. The van der Waals surface area contributed by atoms with Gasteiger partial charge in [0.15, 0.2) is 12.2 Å². The Morgan fingerprint density at radius 2 is 1.45 bits per heavy atom. The molecule has 0 amide bonds. The molecule has 2 unspecified atom stereocenters. The molecule has 22 heavy (non-hydrogen) atoms. The lowest BCUT2D eigenvalue weighted by Crippen LogP contribution is -2.39. The van der Waals surface area contributed by atoms with E-state index in [1.54, 1.807) is 12.1 Å². The molecular weight excluding hydrogens is 296 g/mol. The smallest absolute Gasteiger partial charge is 0.338 e. The van der Waals surface area contributed by atoms with Crippen molar-refractivity contribution in [2.45, 2.75) is 25.6 Å². The predicted molar refractivity (Wildman–Crippen MR) is 74.3 cm³/mol. The number of hydrogen-bond donors (Lipinski definition) is 4. The van der Waals surface area contributed by atoms with Crippen molar-refractivity contribution in [3.63, 3.8) is 0 Å². The van der Waals surface area contributed by atoms with Gasteiger partial charge >= 0.3 is 17.9 Å². The van der Waals surface area contributed by atoms with Gasteiger partial charge in [0.2, 0.25) is 0 Å². The standard InChI is InChI=1S/C10H12O2.C4H6O6/c1-2-8-12-10(11)9-6-4-3-5-7-9;5-1(3(7)8)2(6)4(9)10/h3-7H,2,8H2,1H3;1-2,5-6H,(H,7,8)(H,9,10). The fourth-order valence-electron chi connectivity index (χ4n) is 1.12. The Kier molecular flexibility index (Phi) is 9.15. The van der Waals surface area contributed by atoms with E-state index in [-0.39, 0.29) is 5.97 Å². The first-order valence-corrected chi connectivity index (χ1v) is 6.35. The zero-order valence-corrected chi connectivity index (χ0v) is 11.9. The molecular formula is C14H18O8. The average Bonchev–Trinajstić information content (AvgIpc) is 2.52. The third-order valence-corrected chi connectivity index (χ3v) is 2.25. The van der Waals surface area contributed by atoms with Crippen molar-refractivity contribution in [1.82, 2.24) is 0 Å². The number of carboxylic acid groups (broad SMARTS) is 2. The van der Waals surface area contributed by atoms with E-state index in [0.29, 0.717) is 12.2 Å². The van der Waals surface area contributed by atoms with Crippen molar-refractivity contribution in [3.8, 4) is 0 Å². The van der Waals surface area contributed by atoms with E-state index in [0.717, 1.165) is 6.42 Å². The van der Waals surface area contributed by atoms with Gasteiger partial charge in [-0.2, -0.15) is 0 Å². The zero-order valence-electron chi connectivity index (χ0n) is 11.9. The van der Waals surface area contributed by atoms with Gasteiger partial charge in [-0.1, -0.05) is 25.1 Å². The van der Waals surface area contributed by atoms with Crippen LogP contribution in [0.15, 0.2) is 30.3 Å². The molecule has 0 saturated carbocycles. The fraction of sp³-hybridized carbons (Fsp3) is 0.357. The van der Waals surface area contributed by atoms with Gasteiger partial charge in [0, 0.05) is 0 Å². The number of ether oxygens (including phenoxy) is 1. The van der Waals surface area contributed by atoms with Crippen LogP contribution in [0.2, 0.25) is 0 Å². The third kappa shape index (κ3) is 7.36. The Morgan fingerprint density at radius 1 is 1.00 bits per heavy atom. The van der Waals surface area contributed by atoms with Crippen LogP contribution in [0.1, 0.15) is 23.7 Å². The minimum absolute atomic E-state index is 0.238. The summed E-state index contributed by atoms with van der Waals surface area (Å²) >= 11 is 0.